The maximum Gasteiger partial charge on any atom is 0.174 e. The minimum atomic E-state index is 0.656. The van der Waals surface area contributed by atoms with Crippen LogP contribution in [0.4, 0.5) is 11.6 Å². The van der Waals surface area contributed by atoms with E-state index >= 15 is 0 Å². The average Bonchev–Trinajstić information content (AvgIpc) is 3.16. The molecule has 1 saturated heterocycles. The predicted octanol–water partition coefficient (Wildman–Crippen LogP) is 5.06. The number of anilines is 2. The van der Waals surface area contributed by atoms with Crippen LogP contribution < -0.4 is 10.3 Å². The largest absolute Gasteiger partial charge is 0.378 e. The highest BCUT2D eigenvalue weighted by molar-refractivity contribution is 9.10. The van der Waals surface area contributed by atoms with E-state index < -0.39 is 0 Å². The molecule has 2 aromatic heterocycles. The summed E-state index contributed by atoms with van der Waals surface area (Å²) in [6, 6.07) is 18.5. The number of hydrogen-bond acceptors (Lipinski definition) is 6. The fourth-order valence-electron chi connectivity index (χ4n) is 3.87. The number of morpholine rings is 1. The number of aromatic nitrogens is 3. The lowest BCUT2D eigenvalue weighted by Crippen LogP contribution is -2.37. The Bertz CT molecular complexity index is 1310. The van der Waals surface area contributed by atoms with E-state index in [1.54, 1.807) is 6.21 Å². The van der Waals surface area contributed by atoms with Crippen molar-refractivity contribution in [3.63, 3.8) is 0 Å². The summed E-state index contributed by atoms with van der Waals surface area (Å²) in [4.78, 5) is 7.08. The second kappa shape index (κ2) is 9.33. The Morgan fingerprint density at radius 1 is 1.03 bits per heavy atom. The van der Waals surface area contributed by atoms with Crippen molar-refractivity contribution in [2.45, 2.75) is 13.8 Å². The number of halogens is 1. The van der Waals surface area contributed by atoms with Crippen LogP contribution in [-0.2, 0) is 4.74 Å². The molecule has 1 N–H and O–H groups in total. The molecular weight excluding hydrogens is 480 g/mol. The first-order chi connectivity index (χ1) is 16.1. The third-order valence-electron chi connectivity index (χ3n) is 5.61. The van der Waals surface area contributed by atoms with Crippen molar-refractivity contribution in [3.05, 3.63) is 75.8 Å². The van der Waals surface area contributed by atoms with Gasteiger partial charge in [0.25, 0.3) is 0 Å². The van der Waals surface area contributed by atoms with Crippen molar-refractivity contribution in [1.82, 2.24) is 14.6 Å². The summed E-state index contributed by atoms with van der Waals surface area (Å²) >= 11 is 3.76. The molecule has 0 atom stereocenters. The van der Waals surface area contributed by atoms with Gasteiger partial charge in [-0.05, 0) is 35.3 Å². The van der Waals surface area contributed by atoms with Gasteiger partial charge in [-0.1, -0.05) is 59.7 Å². The lowest BCUT2D eigenvalue weighted by atomic mass is 10.1. The van der Waals surface area contributed by atoms with E-state index in [1.807, 2.05) is 22.7 Å². The Morgan fingerprint density at radius 3 is 2.58 bits per heavy atom. The molecule has 0 unspecified atom stereocenters. The van der Waals surface area contributed by atoms with Gasteiger partial charge in [0.15, 0.2) is 11.5 Å². The lowest BCUT2D eigenvalue weighted by Gasteiger charge is -2.29. The summed E-state index contributed by atoms with van der Waals surface area (Å²) in [5.74, 6) is 1.61. The van der Waals surface area contributed by atoms with Crippen molar-refractivity contribution in [3.8, 4) is 11.3 Å². The van der Waals surface area contributed by atoms with Crippen LogP contribution in [0.3, 0.4) is 0 Å². The fourth-order valence-corrected chi connectivity index (χ4v) is 4.44. The van der Waals surface area contributed by atoms with Gasteiger partial charge in [-0.25, -0.2) is 4.98 Å². The highest BCUT2D eigenvalue weighted by Crippen LogP contribution is 2.34. The third-order valence-corrected chi connectivity index (χ3v) is 6.34. The van der Waals surface area contributed by atoms with Gasteiger partial charge in [0.2, 0.25) is 0 Å². The summed E-state index contributed by atoms with van der Waals surface area (Å²) in [5, 5.41) is 9.35. The third kappa shape index (κ3) is 4.62. The number of ether oxygens (including phenoxy) is 1. The number of nitrogens with one attached hydrogen (secondary N) is 1. The number of benzene rings is 2. The van der Waals surface area contributed by atoms with Crippen LogP contribution in [0.1, 0.15) is 16.7 Å². The van der Waals surface area contributed by atoms with Gasteiger partial charge in [0.05, 0.1) is 23.9 Å². The lowest BCUT2D eigenvalue weighted by molar-refractivity contribution is 0.122. The quantitative estimate of drug-likeness (QED) is 0.304. The Balaban J connectivity index is 1.55. The minimum Gasteiger partial charge on any atom is -0.378 e. The Labute approximate surface area is 201 Å². The first-order valence-electron chi connectivity index (χ1n) is 10.9. The summed E-state index contributed by atoms with van der Waals surface area (Å²) in [7, 11) is 0. The second-order valence-corrected chi connectivity index (χ2v) is 8.94. The first kappa shape index (κ1) is 21.6. The molecule has 0 saturated carbocycles. The first-order valence-corrected chi connectivity index (χ1v) is 11.7. The van der Waals surface area contributed by atoms with Crippen molar-refractivity contribution in [2.24, 2.45) is 5.10 Å². The van der Waals surface area contributed by atoms with Crippen LogP contribution >= 0.6 is 15.9 Å². The number of rotatable bonds is 5. The highest BCUT2D eigenvalue weighted by atomic mass is 79.9. The molecule has 33 heavy (non-hydrogen) atoms. The van der Waals surface area contributed by atoms with E-state index in [-0.39, 0.29) is 0 Å². The van der Waals surface area contributed by atoms with Gasteiger partial charge >= 0.3 is 0 Å². The van der Waals surface area contributed by atoms with E-state index in [2.05, 4.69) is 81.6 Å². The topological polar surface area (TPSA) is 67.0 Å². The molecule has 0 bridgehead atoms. The summed E-state index contributed by atoms with van der Waals surface area (Å²) in [6.07, 6.45) is 1.80. The molecular formula is C25H25BrN6O. The number of nitrogens with zero attached hydrogens (tertiary/aromatic N) is 5. The maximum absolute atomic E-state index is 5.56. The smallest absolute Gasteiger partial charge is 0.174 e. The minimum absolute atomic E-state index is 0.656. The van der Waals surface area contributed by atoms with Gasteiger partial charge < -0.3 is 9.64 Å². The molecule has 0 spiro atoms. The number of aryl methyl sites for hydroxylation is 2. The molecule has 5 rings (SSSR count). The molecule has 8 heteroatoms. The Hall–Kier alpha value is -3.23. The molecule has 7 nitrogen and oxygen atoms in total. The zero-order chi connectivity index (χ0) is 22.8. The van der Waals surface area contributed by atoms with E-state index in [0.29, 0.717) is 19.0 Å². The molecule has 1 aliphatic rings. The van der Waals surface area contributed by atoms with Gasteiger partial charge in [-0.15, -0.1) is 0 Å². The van der Waals surface area contributed by atoms with Gasteiger partial charge in [0.1, 0.15) is 11.5 Å². The van der Waals surface area contributed by atoms with Crippen molar-refractivity contribution >= 4 is 39.4 Å². The van der Waals surface area contributed by atoms with Gasteiger partial charge in [-0.2, -0.15) is 14.7 Å². The zero-order valence-corrected chi connectivity index (χ0v) is 20.2. The molecule has 1 aliphatic heterocycles. The van der Waals surface area contributed by atoms with Crippen LogP contribution in [0.25, 0.3) is 16.9 Å². The van der Waals surface area contributed by atoms with Crippen LogP contribution in [0, 0.1) is 13.8 Å². The summed E-state index contributed by atoms with van der Waals surface area (Å²) < 4.78 is 8.32. The SMILES string of the molecule is Cc1ccc(-c2nn3c(N4CCOCC4)cc(N/N=C/c4cccc(C)c4)nc3c2Br)cc1. The maximum atomic E-state index is 5.56. The molecule has 4 aromatic rings. The summed E-state index contributed by atoms with van der Waals surface area (Å²) in [6.45, 7) is 7.11. The summed E-state index contributed by atoms with van der Waals surface area (Å²) in [5.41, 5.74) is 9.18. The molecule has 2 aromatic carbocycles. The Kier molecular flexibility index (Phi) is 6.11. The van der Waals surface area contributed by atoms with Crippen molar-refractivity contribution in [1.29, 1.82) is 0 Å². The van der Waals surface area contributed by atoms with E-state index in [4.69, 9.17) is 14.8 Å². The van der Waals surface area contributed by atoms with Crippen LogP contribution in [-0.4, -0.2) is 47.1 Å². The molecule has 0 amide bonds. The highest BCUT2D eigenvalue weighted by Gasteiger charge is 2.21. The normalized spacial score (nSPS) is 14.3. The number of hydrazone groups is 1. The molecule has 1 fully saturated rings. The van der Waals surface area contributed by atoms with E-state index in [0.717, 1.165) is 45.8 Å². The molecule has 3 heterocycles. The van der Waals surface area contributed by atoms with Crippen molar-refractivity contribution < 1.29 is 4.74 Å². The molecule has 0 aliphatic carbocycles. The molecule has 0 radical (unpaired) electrons. The van der Waals surface area contributed by atoms with Crippen molar-refractivity contribution in [2.75, 3.05) is 36.6 Å². The average molecular weight is 505 g/mol. The second-order valence-electron chi connectivity index (χ2n) is 8.15. The standard InChI is InChI=1S/C25H25BrN6O/c1-17-6-8-20(9-7-17)24-23(26)25-28-21(29-27-16-19-5-3-4-18(2)14-19)15-22(32(25)30-24)31-10-12-33-13-11-31/h3-9,14-16H,10-13H2,1-2H3,(H,28,29)/b27-16+. The van der Waals surface area contributed by atoms with Gasteiger partial charge in [0, 0.05) is 24.7 Å². The van der Waals surface area contributed by atoms with E-state index in [9.17, 15) is 0 Å². The van der Waals surface area contributed by atoms with Crippen LogP contribution in [0.15, 0.2) is 64.2 Å². The van der Waals surface area contributed by atoms with E-state index in [1.165, 1.54) is 11.1 Å². The fraction of sp³-hybridized carbons (Fsp3) is 0.240. The van der Waals surface area contributed by atoms with Crippen LogP contribution in [0.5, 0.6) is 0 Å². The monoisotopic (exact) mass is 504 g/mol. The number of hydrogen-bond donors (Lipinski definition) is 1. The zero-order valence-electron chi connectivity index (χ0n) is 18.6. The predicted molar refractivity (Wildman–Crippen MR) is 136 cm³/mol. The molecule has 168 valence electrons. The van der Waals surface area contributed by atoms with Gasteiger partial charge in [-0.3, -0.25) is 5.43 Å². The Morgan fingerprint density at radius 2 is 1.82 bits per heavy atom. The number of fused-ring (bicyclic) bond motifs is 1. The van der Waals surface area contributed by atoms with Crippen LogP contribution in [0.2, 0.25) is 0 Å².